The molecule has 0 aromatic carbocycles. The van der Waals surface area contributed by atoms with Crippen LogP contribution in [-0.4, -0.2) is 52.6 Å². The van der Waals surface area contributed by atoms with Crippen LogP contribution in [0.2, 0.25) is 0 Å². The smallest absolute Gasteiger partial charge is 0.326 e. The summed E-state index contributed by atoms with van der Waals surface area (Å²) >= 11 is 0. The lowest BCUT2D eigenvalue weighted by atomic mass is 9.93. The van der Waals surface area contributed by atoms with Crippen LogP contribution in [0.1, 0.15) is 46.0 Å². The number of hydrogen-bond donors (Lipinski definition) is 1. The monoisotopic (exact) mass is 282 g/mol. The first-order valence-electron chi connectivity index (χ1n) is 7.83. The third kappa shape index (κ3) is 3.07. The molecular formula is C15H26N2O3. The van der Waals surface area contributed by atoms with Crippen molar-refractivity contribution in [1.82, 2.24) is 9.80 Å². The summed E-state index contributed by atoms with van der Waals surface area (Å²) in [6.45, 7) is 6.24. The van der Waals surface area contributed by atoms with Crippen LogP contribution < -0.4 is 0 Å². The average molecular weight is 282 g/mol. The van der Waals surface area contributed by atoms with Gasteiger partial charge in [-0.3, -0.25) is 0 Å². The van der Waals surface area contributed by atoms with E-state index in [1.165, 1.54) is 12.8 Å². The summed E-state index contributed by atoms with van der Waals surface area (Å²) in [6, 6.07) is -0.715. The van der Waals surface area contributed by atoms with Crippen LogP contribution in [0.5, 0.6) is 0 Å². The molecule has 1 N–H and O–H groups in total. The standard InChI is InChI=1S/C15H26N2O3/c1-3-4-12-6-8-16(9-7-12)15(20)17-10-5-11(2)13(17)14(18)19/h11-13H,3-10H2,1-2H3,(H,18,19). The Morgan fingerprint density at radius 1 is 1.15 bits per heavy atom. The van der Waals surface area contributed by atoms with Crippen LogP contribution >= 0.6 is 0 Å². The number of hydrogen-bond acceptors (Lipinski definition) is 2. The molecule has 0 saturated carbocycles. The molecule has 0 aromatic rings. The van der Waals surface area contributed by atoms with Crippen molar-refractivity contribution in [3.8, 4) is 0 Å². The molecule has 2 unspecified atom stereocenters. The molecule has 2 fully saturated rings. The molecule has 2 rings (SSSR count). The van der Waals surface area contributed by atoms with Crippen LogP contribution in [0, 0.1) is 11.8 Å². The highest BCUT2D eigenvalue weighted by Crippen LogP contribution is 2.28. The summed E-state index contributed by atoms with van der Waals surface area (Å²) in [7, 11) is 0. The van der Waals surface area contributed by atoms with Gasteiger partial charge in [-0.2, -0.15) is 0 Å². The molecule has 2 amide bonds. The summed E-state index contributed by atoms with van der Waals surface area (Å²) in [5.41, 5.74) is 0. The van der Waals surface area contributed by atoms with E-state index in [-0.39, 0.29) is 11.9 Å². The van der Waals surface area contributed by atoms with Crippen molar-refractivity contribution < 1.29 is 14.7 Å². The molecule has 0 aliphatic carbocycles. The van der Waals surface area contributed by atoms with E-state index in [0.29, 0.717) is 6.54 Å². The van der Waals surface area contributed by atoms with Crippen LogP contribution in [0.25, 0.3) is 0 Å². The number of amides is 2. The van der Waals surface area contributed by atoms with E-state index < -0.39 is 12.0 Å². The molecule has 0 aromatic heterocycles. The van der Waals surface area contributed by atoms with Gasteiger partial charge in [-0.25, -0.2) is 9.59 Å². The number of carboxylic acids is 1. The van der Waals surface area contributed by atoms with Crippen LogP contribution in [0.4, 0.5) is 4.79 Å². The van der Waals surface area contributed by atoms with Gasteiger partial charge >= 0.3 is 12.0 Å². The number of carbonyl (C=O) groups excluding carboxylic acids is 1. The number of nitrogens with zero attached hydrogens (tertiary/aromatic N) is 2. The molecule has 2 aliphatic rings. The summed E-state index contributed by atoms with van der Waals surface area (Å²) in [5, 5.41) is 9.30. The van der Waals surface area contributed by atoms with E-state index in [2.05, 4.69) is 6.92 Å². The van der Waals surface area contributed by atoms with Crippen LogP contribution in [-0.2, 0) is 4.79 Å². The molecule has 20 heavy (non-hydrogen) atoms. The van der Waals surface area contributed by atoms with Gasteiger partial charge in [0.1, 0.15) is 6.04 Å². The van der Waals surface area contributed by atoms with Crippen molar-refractivity contribution in [2.24, 2.45) is 11.8 Å². The first-order chi connectivity index (χ1) is 9.54. The maximum absolute atomic E-state index is 12.5. The molecule has 114 valence electrons. The lowest BCUT2D eigenvalue weighted by Crippen LogP contribution is -2.51. The highest BCUT2D eigenvalue weighted by Gasteiger charge is 2.41. The maximum Gasteiger partial charge on any atom is 0.326 e. The van der Waals surface area contributed by atoms with Crippen molar-refractivity contribution in [2.75, 3.05) is 19.6 Å². The fourth-order valence-electron chi connectivity index (χ4n) is 3.54. The highest BCUT2D eigenvalue weighted by atomic mass is 16.4. The second kappa shape index (κ2) is 6.46. The first kappa shape index (κ1) is 15.1. The maximum atomic E-state index is 12.5. The van der Waals surface area contributed by atoms with E-state index in [1.54, 1.807) is 4.90 Å². The van der Waals surface area contributed by atoms with Crippen molar-refractivity contribution >= 4 is 12.0 Å². The largest absolute Gasteiger partial charge is 0.480 e. The van der Waals surface area contributed by atoms with Crippen molar-refractivity contribution in [3.63, 3.8) is 0 Å². The lowest BCUT2D eigenvalue weighted by molar-refractivity contribution is -0.142. The third-order valence-corrected chi connectivity index (χ3v) is 4.78. The molecule has 2 atom stereocenters. The predicted octanol–water partition coefficient (Wildman–Crippen LogP) is 2.41. The summed E-state index contributed by atoms with van der Waals surface area (Å²) in [5.74, 6) is -0.0879. The number of aliphatic carboxylic acids is 1. The van der Waals surface area contributed by atoms with Crippen LogP contribution in [0.15, 0.2) is 0 Å². The summed E-state index contributed by atoms with van der Waals surface area (Å²) in [4.78, 5) is 27.3. The summed E-state index contributed by atoms with van der Waals surface area (Å²) < 4.78 is 0. The van der Waals surface area contributed by atoms with E-state index in [0.717, 1.165) is 38.3 Å². The van der Waals surface area contributed by atoms with Gasteiger partial charge in [-0.15, -0.1) is 0 Å². The van der Waals surface area contributed by atoms with Crippen molar-refractivity contribution in [2.45, 2.75) is 52.0 Å². The Hall–Kier alpha value is -1.26. The van der Waals surface area contributed by atoms with Gasteiger partial charge in [-0.05, 0) is 31.1 Å². The minimum Gasteiger partial charge on any atom is -0.480 e. The number of rotatable bonds is 3. The van der Waals surface area contributed by atoms with E-state index >= 15 is 0 Å². The Morgan fingerprint density at radius 3 is 2.35 bits per heavy atom. The lowest BCUT2D eigenvalue weighted by Gasteiger charge is -2.36. The second-order valence-corrected chi connectivity index (χ2v) is 6.24. The van der Waals surface area contributed by atoms with E-state index in [9.17, 15) is 14.7 Å². The molecule has 2 aliphatic heterocycles. The van der Waals surface area contributed by atoms with Crippen LogP contribution in [0.3, 0.4) is 0 Å². The molecule has 5 heteroatoms. The van der Waals surface area contributed by atoms with Gasteiger partial charge in [-0.1, -0.05) is 26.7 Å². The van der Waals surface area contributed by atoms with Crippen molar-refractivity contribution in [1.29, 1.82) is 0 Å². The normalized spacial score (nSPS) is 27.9. The molecular weight excluding hydrogens is 256 g/mol. The van der Waals surface area contributed by atoms with Gasteiger partial charge < -0.3 is 14.9 Å². The quantitative estimate of drug-likeness (QED) is 0.864. The predicted molar refractivity (Wildman–Crippen MR) is 76.5 cm³/mol. The molecule has 0 bridgehead atoms. The number of carboxylic acid groups (broad SMARTS) is 1. The number of likely N-dealkylation sites (tertiary alicyclic amines) is 2. The van der Waals surface area contributed by atoms with Gasteiger partial charge in [0.25, 0.3) is 0 Å². The van der Waals surface area contributed by atoms with E-state index in [1.807, 2.05) is 11.8 Å². The SMILES string of the molecule is CCCC1CCN(C(=O)N2CCC(C)C2C(=O)O)CC1. The molecule has 0 spiro atoms. The fraction of sp³-hybridized carbons (Fsp3) is 0.867. The molecule has 2 heterocycles. The fourth-order valence-corrected chi connectivity index (χ4v) is 3.54. The Kier molecular flexibility index (Phi) is 4.89. The zero-order valence-corrected chi connectivity index (χ0v) is 12.5. The first-order valence-corrected chi connectivity index (χ1v) is 7.83. The summed E-state index contributed by atoms with van der Waals surface area (Å²) in [6.07, 6.45) is 5.33. The van der Waals surface area contributed by atoms with Gasteiger partial charge in [0.05, 0.1) is 0 Å². The number of carbonyl (C=O) groups is 2. The highest BCUT2D eigenvalue weighted by molar-refractivity contribution is 5.83. The van der Waals surface area contributed by atoms with Crippen molar-refractivity contribution in [3.05, 3.63) is 0 Å². The van der Waals surface area contributed by atoms with Gasteiger partial charge in [0.15, 0.2) is 0 Å². The topological polar surface area (TPSA) is 60.9 Å². The zero-order chi connectivity index (χ0) is 14.7. The Labute approximate surface area is 120 Å². The second-order valence-electron chi connectivity index (χ2n) is 6.24. The molecule has 0 radical (unpaired) electrons. The number of piperidine rings is 1. The van der Waals surface area contributed by atoms with E-state index in [4.69, 9.17) is 0 Å². The third-order valence-electron chi connectivity index (χ3n) is 4.78. The van der Waals surface area contributed by atoms with Gasteiger partial charge in [0, 0.05) is 19.6 Å². The Balaban J connectivity index is 1.93. The van der Waals surface area contributed by atoms with Gasteiger partial charge in [0.2, 0.25) is 0 Å². The minimum absolute atomic E-state index is 0.0501. The molecule has 5 nitrogen and oxygen atoms in total. The average Bonchev–Trinajstić information content (AvgIpc) is 2.81. The number of urea groups is 1. The Morgan fingerprint density at radius 2 is 1.80 bits per heavy atom. The minimum atomic E-state index is -0.871. The Bertz CT molecular complexity index is 364. The molecule has 2 saturated heterocycles. The zero-order valence-electron chi connectivity index (χ0n) is 12.5.